The highest BCUT2D eigenvalue weighted by Gasteiger charge is 2.50. The van der Waals surface area contributed by atoms with Gasteiger partial charge in [0.1, 0.15) is 0 Å². The highest BCUT2D eigenvalue weighted by molar-refractivity contribution is 6.21. The molecular formula is C9H14ClNO3. The lowest BCUT2D eigenvalue weighted by Crippen LogP contribution is -2.47. The third kappa shape index (κ3) is 1.42. The van der Waals surface area contributed by atoms with Gasteiger partial charge in [0.2, 0.25) is 0 Å². The Morgan fingerprint density at radius 2 is 2.29 bits per heavy atom. The molecule has 0 radical (unpaired) electrons. The van der Waals surface area contributed by atoms with Crippen LogP contribution in [0.4, 0.5) is 0 Å². The minimum Gasteiger partial charge on any atom is -0.469 e. The Hall–Kier alpha value is -0.320. The molecule has 2 aliphatic rings. The summed E-state index contributed by atoms with van der Waals surface area (Å²) in [4.78, 5) is 11.4. The minimum absolute atomic E-state index is 0.128. The number of halogens is 1. The van der Waals surface area contributed by atoms with Crippen molar-refractivity contribution in [2.45, 2.75) is 36.7 Å². The minimum atomic E-state index is -0.272. The Morgan fingerprint density at radius 1 is 1.57 bits per heavy atom. The second-order valence-corrected chi connectivity index (χ2v) is 4.54. The van der Waals surface area contributed by atoms with E-state index in [1.807, 2.05) is 0 Å². The number of rotatable bonds is 1. The molecule has 2 aliphatic heterocycles. The van der Waals surface area contributed by atoms with Gasteiger partial charge in [0, 0.05) is 6.04 Å². The van der Waals surface area contributed by atoms with E-state index in [4.69, 9.17) is 16.3 Å². The Morgan fingerprint density at radius 3 is 2.93 bits per heavy atom. The molecule has 80 valence electrons. The molecule has 2 heterocycles. The van der Waals surface area contributed by atoms with Crippen LogP contribution in [0.5, 0.6) is 0 Å². The molecule has 0 aliphatic carbocycles. The molecule has 2 bridgehead atoms. The standard InChI is InChI=1S/C9H14ClNO3/c1-14-9(12)6-3-2-5-4-7(10)8(6)11(5)13/h5-8,13H,2-4H2,1H3. The zero-order chi connectivity index (χ0) is 10.3. The largest absolute Gasteiger partial charge is 0.469 e. The molecule has 0 spiro atoms. The summed E-state index contributed by atoms with van der Waals surface area (Å²) >= 11 is 6.09. The van der Waals surface area contributed by atoms with E-state index < -0.39 is 0 Å². The van der Waals surface area contributed by atoms with E-state index in [2.05, 4.69) is 0 Å². The van der Waals surface area contributed by atoms with Crippen molar-refractivity contribution in [1.29, 1.82) is 0 Å². The first-order chi connectivity index (χ1) is 6.65. The number of hydroxylamine groups is 2. The summed E-state index contributed by atoms with van der Waals surface area (Å²) in [7, 11) is 1.37. The van der Waals surface area contributed by atoms with E-state index in [0.29, 0.717) is 0 Å². The number of carbonyl (C=O) groups is 1. The molecule has 2 saturated heterocycles. The molecule has 4 atom stereocenters. The topological polar surface area (TPSA) is 49.8 Å². The van der Waals surface area contributed by atoms with Crippen LogP contribution in [0.2, 0.25) is 0 Å². The lowest BCUT2D eigenvalue weighted by atomic mass is 9.92. The number of hydrogen-bond acceptors (Lipinski definition) is 4. The summed E-state index contributed by atoms with van der Waals surface area (Å²) < 4.78 is 4.70. The van der Waals surface area contributed by atoms with Gasteiger partial charge in [-0.1, -0.05) is 0 Å². The molecule has 0 aromatic heterocycles. The number of carbonyl (C=O) groups excluding carboxylic acids is 1. The van der Waals surface area contributed by atoms with Crippen LogP contribution in [0.1, 0.15) is 19.3 Å². The van der Waals surface area contributed by atoms with Crippen LogP contribution in [0.25, 0.3) is 0 Å². The van der Waals surface area contributed by atoms with Gasteiger partial charge in [0.05, 0.1) is 24.4 Å². The van der Waals surface area contributed by atoms with Gasteiger partial charge >= 0.3 is 5.97 Å². The Bertz CT molecular complexity index is 248. The van der Waals surface area contributed by atoms with Crippen LogP contribution in [0, 0.1) is 5.92 Å². The molecule has 0 saturated carbocycles. The summed E-state index contributed by atoms with van der Waals surface area (Å²) in [6.45, 7) is 0. The van der Waals surface area contributed by atoms with Crippen molar-refractivity contribution in [2.24, 2.45) is 5.92 Å². The summed E-state index contributed by atoms with van der Waals surface area (Å²) in [5.41, 5.74) is 0. The molecule has 0 aromatic carbocycles. The maximum absolute atomic E-state index is 11.4. The van der Waals surface area contributed by atoms with Gasteiger partial charge in [0.15, 0.2) is 0 Å². The van der Waals surface area contributed by atoms with E-state index in [0.717, 1.165) is 19.3 Å². The zero-order valence-electron chi connectivity index (χ0n) is 8.02. The first kappa shape index (κ1) is 10.2. The fourth-order valence-corrected chi connectivity index (χ4v) is 3.05. The van der Waals surface area contributed by atoms with Gasteiger partial charge in [0.25, 0.3) is 0 Å². The molecule has 14 heavy (non-hydrogen) atoms. The van der Waals surface area contributed by atoms with Crippen molar-refractivity contribution >= 4 is 17.6 Å². The number of piperidine rings is 1. The van der Waals surface area contributed by atoms with E-state index in [9.17, 15) is 10.0 Å². The predicted octanol–water partition coefficient (Wildman–Crippen LogP) is 1.01. The number of ether oxygens (including phenoxy) is 1. The molecule has 4 unspecified atom stereocenters. The third-order valence-corrected chi connectivity index (χ3v) is 3.71. The summed E-state index contributed by atoms with van der Waals surface area (Å²) in [6.07, 6.45) is 2.34. The molecule has 2 rings (SSSR count). The first-order valence-electron chi connectivity index (χ1n) is 4.84. The molecule has 5 heteroatoms. The van der Waals surface area contributed by atoms with Crippen LogP contribution < -0.4 is 0 Å². The van der Waals surface area contributed by atoms with Crippen LogP contribution in [-0.4, -0.2) is 40.8 Å². The average molecular weight is 220 g/mol. The second-order valence-electron chi connectivity index (χ2n) is 3.98. The van der Waals surface area contributed by atoms with E-state index >= 15 is 0 Å². The molecule has 4 nitrogen and oxygen atoms in total. The highest BCUT2D eigenvalue weighted by atomic mass is 35.5. The normalized spacial score (nSPS) is 42.5. The Labute approximate surface area is 87.7 Å². The monoisotopic (exact) mass is 219 g/mol. The SMILES string of the molecule is COC(=O)C1CCC2CC(Cl)C1N2O. The van der Waals surface area contributed by atoms with Crippen molar-refractivity contribution in [2.75, 3.05) is 7.11 Å². The van der Waals surface area contributed by atoms with Gasteiger partial charge in [-0.25, -0.2) is 0 Å². The highest BCUT2D eigenvalue weighted by Crippen LogP contribution is 2.40. The third-order valence-electron chi connectivity index (χ3n) is 3.27. The van der Waals surface area contributed by atoms with E-state index in [1.54, 1.807) is 0 Å². The number of hydrogen-bond donors (Lipinski definition) is 1. The second kappa shape index (κ2) is 3.68. The van der Waals surface area contributed by atoms with Crippen molar-refractivity contribution in [3.8, 4) is 0 Å². The molecule has 1 N–H and O–H groups in total. The number of fused-ring (bicyclic) bond motifs is 2. The first-order valence-corrected chi connectivity index (χ1v) is 5.28. The van der Waals surface area contributed by atoms with Gasteiger partial charge in [-0.05, 0) is 19.3 Å². The summed E-state index contributed by atoms with van der Waals surface area (Å²) in [5.74, 6) is -0.536. The Kier molecular flexibility index (Phi) is 2.68. The quantitative estimate of drug-likeness (QED) is 0.528. The van der Waals surface area contributed by atoms with Gasteiger partial charge < -0.3 is 9.94 Å². The van der Waals surface area contributed by atoms with Crippen LogP contribution in [0.3, 0.4) is 0 Å². The van der Waals surface area contributed by atoms with Crippen LogP contribution >= 0.6 is 11.6 Å². The number of methoxy groups -OCH3 is 1. The smallest absolute Gasteiger partial charge is 0.310 e. The zero-order valence-corrected chi connectivity index (χ0v) is 8.78. The van der Waals surface area contributed by atoms with E-state index in [1.165, 1.54) is 12.2 Å². The van der Waals surface area contributed by atoms with E-state index in [-0.39, 0.29) is 29.3 Å². The maximum atomic E-state index is 11.4. The summed E-state index contributed by atoms with van der Waals surface area (Å²) in [6, 6.07) is -0.133. The molecule has 0 amide bonds. The van der Waals surface area contributed by atoms with Crippen molar-refractivity contribution in [1.82, 2.24) is 5.06 Å². The average Bonchev–Trinajstić information content (AvgIpc) is 2.38. The lowest BCUT2D eigenvalue weighted by Gasteiger charge is -2.34. The van der Waals surface area contributed by atoms with Crippen LogP contribution in [0.15, 0.2) is 0 Å². The Balaban J connectivity index is 2.17. The number of esters is 1. The summed E-state index contributed by atoms with van der Waals surface area (Å²) in [5, 5.41) is 10.8. The maximum Gasteiger partial charge on any atom is 0.310 e. The van der Waals surface area contributed by atoms with Gasteiger partial charge in [-0.15, -0.1) is 11.6 Å². The van der Waals surface area contributed by atoms with Gasteiger partial charge in [-0.3, -0.25) is 4.79 Å². The van der Waals surface area contributed by atoms with Crippen molar-refractivity contribution in [3.05, 3.63) is 0 Å². The fourth-order valence-electron chi connectivity index (χ4n) is 2.55. The molecule has 0 aromatic rings. The van der Waals surface area contributed by atoms with Crippen molar-refractivity contribution < 1.29 is 14.7 Å². The van der Waals surface area contributed by atoms with Crippen LogP contribution in [-0.2, 0) is 9.53 Å². The number of nitrogens with zero attached hydrogens (tertiary/aromatic N) is 1. The number of alkyl halides is 1. The molecule has 2 fully saturated rings. The van der Waals surface area contributed by atoms with Crippen molar-refractivity contribution in [3.63, 3.8) is 0 Å². The lowest BCUT2D eigenvalue weighted by molar-refractivity contribution is -0.181. The predicted molar refractivity (Wildman–Crippen MR) is 50.2 cm³/mol. The fraction of sp³-hybridized carbons (Fsp3) is 0.889. The van der Waals surface area contributed by atoms with Gasteiger partial charge in [-0.2, -0.15) is 5.06 Å². The molecular weight excluding hydrogens is 206 g/mol.